The second-order valence-corrected chi connectivity index (χ2v) is 7.21. The number of rotatable bonds is 5. The molecule has 0 aromatic carbocycles. The Morgan fingerprint density at radius 2 is 2.00 bits per heavy atom. The predicted octanol–water partition coefficient (Wildman–Crippen LogP) is 1.97. The third-order valence-electron chi connectivity index (χ3n) is 5.36. The number of aromatic nitrogens is 1. The third-order valence-corrected chi connectivity index (χ3v) is 5.36. The minimum Gasteiger partial charge on any atom is -0.356 e. The number of hydrogen-bond acceptors (Lipinski definition) is 5. The standard InChI is InChI=1S/C19H31N5O/c1-2-10-22-13-17(24(15-25)18(20)14-22)16-8-7-9-21-19(16)23-11-5-3-4-6-12-23/h7-9,15,17-18H,2-6,10-14,20H2,1H3. The van der Waals surface area contributed by atoms with E-state index in [2.05, 4.69) is 22.8 Å². The minimum atomic E-state index is -0.264. The number of piperazine rings is 1. The Hall–Kier alpha value is -1.66. The van der Waals surface area contributed by atoms with Crippen molar-refractivity contribution in [3.8, 4) is 0 Å². The molecule has 0 radical (unpaired) electrons. The number of carbonyl (C=O) groups excluding carboxylic acids is 1. The van der Waals surface area contributed by atoms with Gasteiger partial charge in [-0.15, -0.1) is 0 Å². The van der Waals surface area contributed by atoms with Crippen LogP contribution in [0.1, 0.15) is 50.6 Å². The van der Waals surface area contributed by atoms with Crippen molar-refractivity contribution in [1.29, 1.82) is 0 Å². The largest absolute Gasteiger partial charge is 0.356 e. The van der Waals surface area contributed by atoms with Crippen LogP contribution in [0.3, 0.4) is 0 Å². The van der Waals surface area contributed by atoms with Crippen LogP contribution in [0.15, 0.2) is 18.3 Å². The first-order valence-electron chi connectivity index (χ1n) is 9.65. The highest BCUT2D eigenvalue weighted by molar-refractivity contribution is 5.55. The SMILES string of the molecule is CCCN1CC(N)N(C=O)C(c2cccnc2N2CCCCCC2)C1. The number of amides is 1. The Morgan fingerprint density at radius 1 is 1.24 bits per heavy atom. The maximum Gasteiger partial charge on any atom is 0.211 e. The summed E-state index contributed by atoms with van der Waals surface area (Å²) in [5.74, 6) is 1.03. The highest BCUT2D eigenvalue weighted by atomic mass is 16.1. The molecule has 1 aromatic heterocycles. The van der Waals surface area contributed by atoms with Gasteiger partial charge in [-0.3, -0.25) is 9.69 Å². The molecule has 2 unspecified atom stereocenters. The molecule has 0 bridgehead atoms. The first kappa shape index (κ1) is 18.1. The van der Waals surface area contributed by atoms with E-state index in [9.17, 15) is 4.79 Å². The van der Waals surface area contributed by atoms with E-state index in [1.165, 1.54) is 25.7 Å². The zero-order valence-electron chi connectivity index (χ0n) is 15.3. The molecule has 0 saturated carbocycles. The van der Waals surface area contributed by atoms with Crippen molar-refractivity contribution in [2.75, 3.05) is 37.6 Å². The van der Waals surface area contributed by atoms with E-state index >= 15 is 0 Å². The molecular formula is C19H31N5O. The fourth-order valence-electron chi connectivity index (χ4n) is 4.13. The molecule has 6 heteroatoms. The molecule has 2 N–H and O–H groups in total. The average molecular weight is 345 g/mol. The van der Waals surface area contributed by atoms with Crippen LogP contribution in [0.25, 0.3) is 0 Å². The molecule has 3 rings (SSSR count). The van der Waals surface area contributed by atoms with Gasteiger partial charge in [0.1, 0.15) is 5.82 Å². The lowest BCUT2D eigenvalue weighted by Crippen LogP contribution is -2.58. The zero-order valence-corrected chi connectivity index (χ0v) is 15.3. The molecule has 0 aliphatic carbocycles. The Morgan fingerprint density at radius 3 is 2.68 bits per heavy atom. The van der Waals surface area contributed by atoms with Crippen LogP contribution >= 0.6 is 0 Å². The number of hydrogen-bond donors (Lipinski definition) is 1. The van der Waals surface area contributed by atoms with Crippen LogP contribution in [0, 0.1) is 0 Å². The number of nitrogens with zero attached hydrogens (tertiary/aromatic N) is 4. The summed E-state index contributed by atoms with van der Waals surface area (Å²) in [7, 11) is 0. The Bertz CT molecular complexity index is 559. The van der Waals surface area contributed by atoms with Gasteiger partial charge in [-0.2, -0.15) is 0 Å². The summed E-state index contributed by atoms with van der Waals surface area (Å²) in [6.07, 6.45) is 8.60. The second kappa shape index (κ2) is 8.63. The Labute approximate surface area is 151 Å². The number of carbonyl (C=O) groups is 1. The van der Waals surface area contributed by atoms with Crippen molar-refractivity contribution in [3.05, 3.63) is 23.9 Å². The highest BCUT2D eigenvalue weighted by Gasteiger charge is 2.34. The zero-order chi connectivity index (χ0) is 17.6. The van der Waals surface area contributed by atoms with Gasteiger partial charge in [0.05, 0.1) is 12.2 Å². The average Bonchev–Trinajstić information content (AvgIpc) is 2.91. The second-order valence-electron chi connectivity index (χ2n) is 7.21. The molecule has 0 spiro atoms. The van der Waals surface area contributed by atoms with Crippen molar-refractivity contribution < 1.29 is 4.79 Å². The third kappa shape index (κ3) is 4.12. The van der Waals surface area contributed by atoms with E-state index in [1.807, 2.05) is 12.3 Å². The first-order valence-corrected chi connectivity index (χ1v) is 9.65. The molecule has 2 aliphatic heterocycles. The van der Waals surface area contributed by atoms with E-state index in [-0.39, 0.29) is 12.2 Å². The van der Waals surface area contributed by atoms with Gasteiger partial charge in [0.25, 0.3) is 0 Å². The van der Waals surface area contributed by atoms with Crippen molar-refractivity contribution in [1.82, 2.24) is 14.8 Å². The predicted molar refractivity (Wildman–Crippen MR) is 100 cm³/mol. The Balaban J connectivity index is 1.91. The van der Waals surface area contributed by atoms with E-state index in [1.54, 1.807) is 4.90 Å². The van der Waals surface area contributed by atoms with Crippen molar-refractivity contribution in [2.24, 2.45) is 5.73 Å². The van der Waals surface area contributed by atoms with Crippen LogP contribution in [-0.4, -0.2) is 60.1 Å². The Kier molecular flexibility index (Phi) is 6.26. The van der Waals surface area contributed by atoms with Gasteiger partial charge in [-0.25, -0.2) is 4.98 Å². The summed E-state index contributed by atoms with van der Waals surface area (Å²) in [6.45, 7) is 6.84. The lowest BCUT2D eigenvalue weighted by Gasteiger charge is -2.44. The quantitative estimate of drug-likeness (QED) is 0.827. The van der Waals surface area contributed by atoms with Gasteiger partial charge in [0.15, 0.2) is 0 Å². The van der Waals surface area contributed by atoms with Gasteiger partial charge in [0.2, 0.25) is 6.41 Å². The molecule has 6 nitrogen and oxygen atoms in total. The van der Waals surface area contributed by atoms with Crippen molar-refractivity contribution >= 4 is 12.2 Å². The molecule has 1 aromatic rings. The van der Waals surface area contributed by atoms with Crippen LogP contribution in [0.4, 0.5) is 5.82 Å². The van der Waals surface area contributed by atoms with Crippen LogP contribution in [0.2, 0.25) is 0 Å². The molecule has 25 heavy (non-hydrogen) atoms. The van der Waals surface area contributed by atoms with Crippen molar-refractivity contribution in [2.45, 2.75) is 51.2 Å². The minimum absolute atomic E-state index is 0.0280. The van der Waals surface area contributed by atoms with E-state index in [0.717, 1.165) is 56.9 Å². The van der Waals surface area contributed by atoms with E-state index in [0.29, 0.717) is 0 Å². The van der Waals surface area contributed by atoms with Gasteiger partial charge in [-0.05, 0) is 31.9 Å². The van der Waals surface area contributed by atoms with E-state index in [4.69, 9.17) is 10.7 Å². The lowest BCUT2D eigenvalue weighted by atomic mass is 10.0. The first-order chi connectivity index (χ1) is 12.2. The van der Waals surface area contributed by atoms with Gasteiger partial charge >= 0.3 is 0 Å². The summed E-state index contributed by atoms with van der Waals surface area (Å²) in [6, 6.07) is 4.07. The monoisotopic (exact) mass is 345 g/mol. The summed E-state index contributed by atoms with van der Waals surface area (Å²) >= 11 is 0. The number of anilines is 1. The summed E-state index contributed by atoms with van der Waals surface area (Å²) in [4.78, 5) is 23.0. The molecule has 2 atom stereocenters. The van der Waals surface area contributed by atoms with Crippen LogP contribution in [-0.2, 0) is 4.79 Å². The van der Waals surface area contributed by atoms with E-state index < -0.39 is 0 Å². The summed E-state index contributed by atoms with van der Waals surface area (Å²) in [5, 5.41) is 0. The van der Waals surface area contributed by atoms with Gasteiger partial charge < -0.3 is 15.5 Å². The number of pyridine rings is 1. The summed E-state index contributed by atoms with van der Waals surface area (Å²) < 4.78 is 0. The molecule has 1 amide bonds. The topological polar surface area (TPSA) is 65.7 Å². The van der Waals surface area contributed by atoms with Gasteiger partial charge in [0, 0.05) is 37.9 Å². The maximum absolute atomic E-state index is 11.8. The maximum atomic E-state index is 11.8. The molecule has 3 heterocycles. The molecule has 2 saturated heterocycles. The fourth-order valence-corrected chi connectivity index (χ4v) is 4.13. The summed E-state index contributed by atoms with van der Waals surface area (Å²) in [5.41, 5.74) is 7.44. The number of nitrogens with two attached hydrogens (primary N) is 1. The molecular weight excluding hydrogens is 314 g/mol. The normalized spacial score (nSPS) is 25.7. The van der Waals surface area contributed by atoms with Crippen molar-refractivity contribution in [3.63, 3.8) is 0 Å². The van der Waals surface area contributed by atoms with Gasteiger partial charge in [-0.1, -0.05) is 25.8 Å². The van der Waals surface area contributed by atoms with Crippen LogP contribution in [0.5, 0.6) is 0 Å². The highest BCUT2D eigenvalue weighted by Crippen LogP contribution is 2.32. The lowest BCUT2D eigenvalue weighted by molar-refractivity contribution is -0.126. The molecule has 2 fully saturated rings. The fraction of sp³-hybridized carbons (Fsp3) is 0.684. The van der Waals surface area contributed by atoms with Crippen LogP contribution < -0.4 is 10.6 Å². The smallest absolute Gasteiger partial charge is 0.211 e. The molecule has 2 aliphatic rings. The molecule has 138 valence electrons.